The number of rotatable bonds is 5. The maximum Gasteiger partial charge on any atom is 0.184 e. The highest BCUT2D eigenvalue weighted by molar-refractivity contribution is 5.34. The molecule has 1 aromatic carbocycles. The minimum absolute atomic E-state index is 0.280. The summed E-state index contributed by atoms with van der Waals surface area (Å²) in [6.07, 6.45) is 0.898. The minimum atomic E-state index is -1.28. The Hall–Kier alpha value is -1.96. The first kappa shape index (κ1) is 14.4. The Bertz CT molecular complexity index is 599. The van der Waals surface area contributed by atoms with Gasteiger partial charge in [-0.25, -0.2) is 13.2 Å². The van der Waals surface area contributed by atoms with Gasteiger partial charge in [-0.3, -0.25) is 0 Å². The first-order valence-electron chi connectivity index (χ1n) is 6.21. The van der Waals surface area contributed by atoms with Gasteiger partial charge in [0.25, 0.3) is 0 Å². The molecule has 1 aromatic heterocycles. The van der Waals surface area contributed by atoms with E-state index in [1.54, 1.807) is 6.92 Å². The largest absolute Gasteiger partial charge is 0.307 e. The number of nitrogens with zero attached hydrogens (tertiary/aromatic N) is 4. The Kier molecular flexibility index (Phi) is 4.33. The number of nitrogens with one attached hydrogen (secondary N) is 1. The van der Waals surface area contributed by atoms with Crippen LogP contribution in [0.25, 0.3) is 5.69 Å². The fraction of sp³-hybridized carbons (Fsp3) is 0.417. The zero-order valence-corrected chi connectivity index (χ0v) is 11.1. The second kappa shape index (κ2) is 6.00. The highest BCUT2D eigenvalue weighted by Gasteiger charge is 2.20. The summed E-state index contributed by atoms with van der Waals surface area (Å²) in [5.74, 6) is -3.09. The second-order valence-corrected chi connectivity index (χ2v) is 4.35. The van der Waals surface area contributed by atoms with E-state index in [-0.39, 0.29) is 17.6 Å². The molecule has 0 aliphatic rings. The molecule has 0 fully saturated rings. The molecule has 2 rings (SSSR count). The van der Waals surface area contributed by atoms with Gasteiger partial charge in [0.05, 0.1) is 6.04 Å². The third kappa shape index (κ3) is 2.79. The molecule has 0 saturated carbocycles. The fourth-order valence-corrected chi connectivity index (χ4v) is 1.78. The molecule has 0 radical (unpaired) electrons. The topological polar surface area (TPSA) is 55.6 Å². The average Bonchev–Trinajstić information content (AvgIpc) is 2.89. The van der Waals surface area contributed by atoms with Crippen molar-refractivity contribution < 1.29 is 13.2 Å². The van der Waals surface area contributed by atoms with Gasteiger partial charge in [-0.1, -0.05) is 6.92 Å². The molecule has 1 N–H and O–H groups in total. The molecule has 0 aliphatic heterocycles. The van der Waals surface area contributed by atoms with E-state index in [1.807, 2.05) is 6.92 Å². The van der Waals surface area contributed by atoms with Crippen LogP contribution in [-0.4, -0.2) is 26.8 Å². The molecule has 1 atom stereocenters. The molecule has 1 heterocycles. The van der Waals surface area contributed by atoms with Crippen LogP contribution in [0.2, 0.25) is 0 Å². The van der Waals surface area contributed by atoms with E-state index in [0.717, 1.165) is 17.2 Å². The summed E-state index contributed by atoms with van der Waals surface area (Å²) in [6, 6.07) is 1.04. The summed E-state index contributed by atoms with van der Waals surface area (Å²) in [6.45, 7) is 4.49. The van der Waals surface area contributed by atoms with E-state index >= 15 is 0 Å². The van der Waals surface area contributed by atoms with Crippen LogP contribution in [0.1, 0.15) is 32.1 Å². The van der Waals surface area contributed by atoms with Crippen molar-refractivity contribution in [2.24, 2.45) is 0 Å². The van der Waals surface area contributed by atoms with E-state index in [9.17, 15) is 13.2 Å². The smallest absolute Gasteiger partial charge is 0.184 e. The predicted octanol–water partition coefficient (Wildman–Crippen LogP) is 2.14. The van der Waals surface area contributed by atoms with Crippen molar-refractivity contribution in [3.8, 4) is 5.69 Å². The van der Waals surface area contributed by atoms with Crippen LogP contribution in [0.4, 0.5) is 13.2 Å². The van der Waals surface area contributed by atoms with Crippen LogP contribution in [0.3, 0.4) is 0 Å². The Morgan fingerprint density at radius 3 is 2.75 bits per heavy atom. The number of tetrazole rings is 1. The van der Waals surface area contributed by atoms with E-state index in [1.165, 1.54) is 0 Å². The molecule has 8 heteroatoms. The quantitative estimate of drug-likeness (QED) is 0.855. The van der Waals surface area contributed by atoms with Crippen LogP contribution in [-0.2, 0) is 0 Å². The zero-order chi connectivity index (χ0) is 14.7. The lowest BCUT2D eigenvalue weighted by atomic mass is 10.2. The van der Waals surface area contributed by atoms with E-state index in [2.05, 4.69) is 20.8 Å². The molecule has 0 amide bonds. The number of halogens is 3. The third-order valence-electron chi connectivity index (χ3n) is 2.78. The van der Waals surface area contributed by atoms with Crippen molar-refractivity contribution in [1.29, 1.82) is 0 Å². The van der Waals surface area contributed by atoms with Gasteiger partial charge in [0.1, 0.15) is 11.5 Å². The molecule has 108 valence electrons. The molecule has 2 aromatic rings. The normalized spacial score (nSPS) is 12.7. The van der Waals surface area contributed by atoms with Crippen LogP contribution >= 0.6 is 0 Å². The van der Waals surface area contributed by atoms with Crippen molar-refractivity contribution in [2.45, 2.75) is 26.3 Å². The molecular formula is C12H14F3N5. The SMILES string of the molecule is CCCNC(C)c1nnnn1-c1cc(F)cc(F)c1F. The van der Waals surface area contributed by atoms with Gasteiger partial charge in [-0.05, 0) is 30.3 Å². The first-order valence-corrected chi connectivity index (χ1v) is 6.21. The number of aromatic nitrogens is 4. The van der Waals surface area contributed by atoms with Crippen molar-refractivity contribution in [2.75, 3.05) is 6.54 Å². The van der Waals surface area contributed by atoms with Crippen LogP contribution in [0.5, 0.6) is 0 Å². The minimum Gasteiger partial charge on any atom is -0.307 e. The molecular weight excluding hydrogens is 271 g/mol. The summed E-state index contributed by atoms with van der Waals surface area (Å²) in [4.78, 5) is 0. The summed E-state index contributed by atoms with van der Waals surface area (Å²) in [5.41, 5.74) is -0.354. The monoisotopic (exact) mass is 285 g/mol. The average molecular weight is 285 g/mol. The standard InChI is InChI=1S/C12H14F3N5/c1-3-4-16-7(2)12-17-18-19-20(12)10-6-8(13)5-9(14)11(10)15/h5-7,16H,3-4H2,1-2H3. The van der Waals surface area contributed by atoms with Crippen molar-refractivity contribution in [1.82, 2.24) is 25.5 Å². The van der Waals surface area contributed by atoms with Gasteiger partial charge >= 0.3 is 0 Å². The lowest BCUT2D eigenvalue weighted by molar-refractivity contribution is 0.479. The summed E-state index contributed by atoms with van der Waals surface area (Å²) < 4.78 is 41.2. The molecule has 0 saturated heterocycles. The molecule has 20 heavy (non-hydrogen) atoms. The van der Waals surface area contributed by atoms with Gasteiger partial charge < -0.3 is 5.32 Å². The van der Waals surface area contributed by atoms with Crippen LogP contribution < -0.4 is 5.32 Å². The van der Waals surface area contributed by atoms with Gasteiger partial charge in [0.2, 0.25) is 0 Å². The predicted molar refractivity (Wildman–Crippen MR) is 65.7 cm³/mol. The van der Waals surface area contributed by atoms with Gasteiger partial charge in [0.15, 0.2) is 17.5 Å². The summed E-state index contributed by atoms with van der Waals surface area (Å²) >= 11 is 0. The summed E-state index contributed by atoms with van der Waals surface area (Å²) in [5, 5.41) is 13.9. The maximum atomic E-state index is 13.8. The Balaban J connectivity index is 2.42. The zero-order valence-electron chi connectivity index (χ0n) is 11.1. The maximum absolute atomic E-state index is 13.8. The molecule has 1 unspecified atom stereocenters. The van der Waals surface area contributed by atoms with E-state index in [0.29, 0.717) is 12.6 Å². The number of hydrogen-bond donors (Lipinski definition) is 1. The highest BCUT2D eigenvalue weighted by Crippen LogP contribution is 2.20. The van der Waals surface area contributed by atoms with Crippen molar-refractivity contribution in [3.63, 3.8) is 0 Å². The van der Waals surface area contributed by atoms with Crippen LogP contribution in [0, 0.1) is 17.5 Å². The molecule has 0 aliphatic carbocycles. The molecule has 5 nitrogen and oxygen atoms in total. The van der Waals surface area contributed by atoms with E-state index in [4.69, 9.17) is 0 Å². The Labute approximate surface area is 113 Å². The lowest BCUT2D eigenvalue weighted by Crippen LogP contribution is -2.23. The van der Waals surface area contributed by atoms with Crippen molar-refractivity contribution in [3.05, 3.63) is 35.4 Å². The summed E-state index contributed by atoms with van der Waals surface area (Å²) in [7, 11) is 0. The Morgan fingerprint density at radius 1 is 1.30 bits per heavy atom. The number of hydrogen-bond acceptors (Lipinski definition) is 4. The highest BCUT2D eigenvalue weighted by atomic mass is 19.2. The fourth-order valence-electron chi connectivity index (χ4n) is 1.78. The van der Waals surface area contributed by atoms with Gasteiger partial charge in [0, 0.05) is 12.1 Å². The second-order valence-electron chi connectivity index (χ2n) is 4.35. The van der Waals surface area contributed by atoms with Gasteiger partial charge in [-0.15, -0.1) is 5.10 Å². The molecule has 0 bridgehead atoms. The van der Waals surface area contributed by atoms with E-state index < -0.39 is 17.5 Å². The molecule has 0 spiro atoms. The van der Waals surface area contributed by atoms with Crippen molar-refractivity contribution >= 4 is 0 Å². The lowest BCUT2D eigenvalue weighted by Gasteiger charge is -2.13. The van der Waals surface area contributed by atoms with Gasteiger partial charge in [-0.2, -0.15) is 4.68 Å². The first-order chi connectivity index (χ1) is 9.54. The number of benzene rings is 1. The third-order valence-corrected chi connectivity index (χ3v) is 2.78. The van der Waals surface area contributed by atoms with Crippen LogP contribution in [0.15, 0.2) is 12.1 Å². The Morgan fingerprint density at radius 2 is 2.05 bits per heavy atom.